The first-order chi connectivity index (χ1) is 20.3. The lowest BCUT2D eigenvalue weighted by molar-refractivity contribution is -0.151. The molecule has 0 spiro atoms. The monoisotopic (exact) mass is 598 g/mol. The Morgan fingerprint density at radius 1 is 1.12 bits per heavy atom. The SMILES string of the molecule is COC(=O)[C@@H]1CCCN(C(=O)[C@H](Cc2cccc(O[C@H](C)C3=CC=CC3)c2)NC(=O)[C@@H](NC(=O)OC(C)(C)C)C(C)C)N1. The normalized spacial score (nSPS) is 18.7. The van der Waals surface area contributed by atoms with E-state index in [0.29, 0.717) is 25.1 Å². The molecule has 4 atom stereocenters. The number of methoxy groups -OCH3 is 1. The van der Waals surface area contributed by atoms with Gasteiger partial charge in [0.05, 0.1) is 7.11 Å². The number of amides is 3. The number of carbonyl (C=O) groups is 4. The van der Waals surface area contributed by atoms with Gasteiger partial charge in [-0.25, -0.2) is 10.2 Å². The second-order valence-corrected chi connectivity index (χ2v) is 12.3. The zero-order valence-electron chi connectivity index (χ0n) is 26.3. The molecule has 0 bridgehead atoms. The van der Waals surface area contributed by atoms with Crippen LogP contribution in [0.15, 0.2) is 48.1 Å². The molecule has 236 valence electrons. The van der Waals surface area contributed by atoms with Gasteiger partial charge in [0.15, 0.2) is 0 Å². The van der Waals surface area contributed by atoms with E-state index in [1.807, 2.05) is 43.3 Å². The van der Waals surface area contributed by atoms with Crippen molar-refractivity contribution in [3.05, 3.63) is 53.6 Å². The van der Waals surface area contributed by atoms with E-state index in [-0.39, 0.29) is 18.4 Å². The fraction of sp³-hybridized carbons (Fsp3) is 0.562. The Labute approximate surface area is 254 Å². The van der Waals surface area contributed by atoms with Gasteiger partial charge in [-0.05, 0) is 76.1 Å². The van der Waals surface area contributed by atoms with Gasteiger partial charge in [-0.2, -0.15) is 0 Å². The predicted octanol–water partition coefficient (Wildman–Crippen LogP) is 3.59. The van der Waals surface area contributed by atoms with E-state index in [0.717, 1.165) is 12.0 Å². The number of nitrogens with one attached hydrogen (secondary N) is 3. The number of nitrogens with zero attached hydrogens (tertiary/aromatic N) is 1. The summed E-state index contributed by atoms with van der Waals surface area (Å²) in [5.74, 6) is -1.06. The summed E-state index contributed by atoms with van der Waals surface area (Å²) in [7, 11) is 1.30. The third-order valence-corrected chi connectivity index (χ3v) is 7.15. The van der Waals surface area contributed by atoms with Gasteiger partial charge in [0, 0.05) is 13.0 Å². The number of rotatable bonds is 11. The van der Waals surface area contributed by atoms with Crippen molar-refractivity contribution in [3.8, 4) is 5.75 Å². The molecular formula is C32H46N4O7. The molecule has 0 unspecified atom stereocenters. The van der Waals surface area contributed by atoms with E-state index < -0.39 is 47.6 Å². The Hall–Kier alpha value is -3.86. The Kier molecular flexibility index (Phi) is 11.8. The van der Waals surface area contributed by atoms with Crippen LogP contribution in [0.2, 0.25) is 0 Å². The van der Waals surface area contributed by atoms with Crippen LogP contribution in [0.5, 0.6) is 5.75 Å². The van der Waals surface area contributed by atoms with Crippen molar-refractivity contribution in [3.63, 3.8) is 0 Å². The van der Waals surface area contributed by atoms with Gasteiger partial charge in [0.25, 0.3) is 5.91 Å². The Morgan fingerprint density at radius 3 is 2.49 bits per heavy atom. The highest BCUT2D eigenvalue weighted by molar-refractivity contribution is 5.91. The van der Waals surface area contributed by atoms with Gasteiger partial charge in [-0.1, -0.05) is 44.2 Å². The van der Waals surface area contributed by atoms with Crippen molar-refractivity contribution in [2.45, 2.75) is 97.1 Å². The van der Waals surface area contributed by atoms with Gasteiger partial charge < -0.3 is 24.8 Å². The Balaban J connectivity index is 1.82. The van der Waals surface area contributed by atoms with Crippen LogP contribution in [0.4, 0.5) is 4.79 Å². The van der Waals surface area contributed by atoms with Crippen LogP contribution in [0.25, 0.3) is 0 Å². The number of carbonyl (C=O) groups excluding carboxylic acids is 4. The summed E-state index contributed by atoms with van der Waals surface area (Å²) < 4.78 is 16.4. The second kappa shape index (κ2) is 15.0. The molecule has 3 N–H and O–H groups in total. The molecule has 1 fully saturated rings. The largest absolute Gasteiger partial charge is 0.486 e. The summed E-state index contributed by atoms with van der Waals surface area (Å²) in [6, 6.07) is 4.78. The summed E-state index contributed by atoms with van der Waals surface area (Å²) in [6.45, 7) is 11.1. The van der Waals surface area contributed by atoms with E-state index >= 15 is 0 Å². The summed E-state index contributed by atoms with van der Waals surface area (Å²) in [4.78, 5) is 52.2. The lowest BCUT2D eigenvalue weighted by Crippen LogP contribution is -2.62. The van der Waals surface area contributed by atoms with Crippen LogP contribution in [0, 0.1) is 5.92 Å². The summed E-state index contributed by atoms with van der Waals surface area (Å²) in [5, 5.41) is 6.87. The fourth-order valence-electron chi connectivity index (χ4n) is 4.90. The van der Waals surface area contributed by atoms with E-state index in [2.05, 4.69) is 22.1 Å². The van der Waals surface area contributed by atoms with Gasteiger partial charge in [0.2, 0.25) is 5.91 Å². The highest BCUT2D eigenvalue weighted by Gasteiger charge is 2.35. The molecule has 3 amide bonds. The summed E-state index contributed by atoms with van der Waals surface area (Å²) >= 11 is 0. The zero-order valence-corrected chi connectivity index (χ0v) is 26.3. The minimum Gasteiger partial charge on any atom is -0.486 e. The molecule has 1 aliphatic heterocycles. The summed E-state index contributed by atoms with van der Waals surface area (Å²) in [5.41, 5.74) is 4.14. The molecule has 11 nitrogen and oxygen atoms in total. The number of benzene rings is 1. The van der Waals surface area contributed by atoms with Crippen LogP contribution in [0.3, 0.4) is 0 Å². The molecule has 3 rings (SSSR count). The number of hydrogen-bond donors (Lipinski definition) is 3. The van der Waals surface area contributed by atoms with Crippen LogP contribution >= 0.6 is 0 Å². The van der Waals surface area contributed by atoms with Gasteiger partial charge in [-0.15, -0.1) is 0 Å². The Bertz CT molecular complexity index is 1220. The fourth-order valence-corrected chi connectivity index (χ4v) is 4.90. The lowest BCUT2D eigenvalue weighted by atomic mass is 10.0. The van der Waals surface area contributed by atoms with Crippen LogP contribution in [-0.2, 0) is 30.3 Å². The second-order valence-electron chi connectivity index (χ2n) is 12.3. The molecule has 1 heterocycles. The number of alkyl carbamates (subject to hydrolysis) is 1. The molecule has 11 heteroatoms. The maximum atomic E-state index is 13.9. The maximum Gasteiger partial charge on any atom is 0.408 e. The number of esters is 1. The molecule has 0 radical (unpaired) electrons. The average molecular weight is 599 g/mol. The third-order valence-electron chi connectivity index (χ3n) is 7.15. The number of allylic oxidation sites excluding steroid dienone is 3. The first-order valence-electron chi connectivity index (χ1n) is 14.8. The average Bonchev–Trinajstić information content (AvgIpc) is 3.49. The number of ether oxygens (including phenoxy) is 3. The van der Waals surface area contributed by atoms with Crippen molar-refractivity contribution < 1.29 is 33.4 Å². The van der Waals surface area contributed by atoms with Gasteiger partial charge in [-0.3, -0.25) is 19.4 Å². The summed E-state index contributed by atoms with van der Waals surface area (Å²) in [6.07, 6.45) is 7.37. The first kappa shape index (κ1) is 33.6. The Morgan fingerprint density at radius 2 is 1.86 bits per heavy atom. The smallest absolute Gasteiger partial charge is 0.408 e. The van der Waals surface area contributed by atoms with E-state index in [1.54, 1.807) is 34.6 Å². The van der Waals surface area contributed by atoms with Crippen LogP contribution in [-0.4, -0.2) is 72.4 Å². The minimum absolute atomic E-state index is 0.124. The first-order valence-corrected chi connectivity index (χ1v) is 14.8. The molecule has 43 heavy (non-hydrogen) atoms. The molecule has 1 saturated heterocycles. The molecule has 1 aromatic carbocycles. The van der Waals surface area contributed by atoms with Crippen molar-refractivity contribution in [2.24, 2.45) is 5.92 Å². The van der Waals surface area contributed by atoms with Crippen LogP contribution < -0.4 is 20.8 Å². The quantitative estimate of drug-likeness (QED) is 0.329. The van der Waals surface area contributed by atoms with Crippen LogP contribution in [0.1, 0.15) is 66.4 Å². The topological polar surface area (TPSA) is 135 Å². The van der Waals surface area contributed by atoms with Crippen molar-refractivity contribution in [1.29, 1.82) is 0 Å². The molecule has 1 aliphatic carbocycles. The van der Waals surface area contributed by atoms with Gasteiger partial charge in [0.1, 0.15) is 35.6 Å². The van der Waals surface area contributed by atoms with Gasteiger partial charge >= 0.3 is 12.1 Å². The minimum atomic E-state index is -1.01. The van der Waals surface area contributed by atoms with E-state index in [4.69, 9.17) is 14.2 Å². The number of hydrazine groups is 1. The third kappa shape index (κ3) is 10.1. The highest BCUT2D eigenvalue weighted by atomic mass is 16.6. The maximum absolute atomic E-state index is 13.9. The lowest BCUT2D eigenvalue weighted by Gasteiger charge is -2.35. The van der Waals surface area contributed by atoms with Crippen molar-refractivity contribution in [2.75, 3.05) is 13.7 Å². The van der Waals surface area contributed by atoms with E-state index in [9.17, 15) is 19.2 Å². The predicted molar refractivity (Wildman–Crippen MR) is 162 cm³/mol. The molecule has 1 aromatic rings. The van der Waals surface area contributed by atoms with Crippen molar-refractivity contribution >= 4 is 23.9 Å². The molecule has 0 saturated carbocycles. The molecule has 2 aliphatic rings. The molecule has 0 aromatic heterocycles. The van der Waals surface area contributed by atoms with Crippen molar-refractivity contribution in [1.82, 2.24) is 21.1 Å². The van der Waals surface area contributed by atoms with E-state index in [1.165, 1.54) is 17.7 Å². The standard InChI is InChI=1S/C32H46N4O7/c1-20(2)27(34-31(40)43-32(4,5)6)28(37)33-26(29(38)36-17-11-16-25(35-36)30(39)41-7)19-22-12-10-15-24(18-22)42-21(3)23-13-8-9-14-23/h8-10,12-13,15,18,20-21,25-27,35H,11,14,16-17,19H2,1-7H3,(H,33,37)(H,34,40)/t21-,25+,26+,27+/m1/s1. The molecular weight excluding hydrogens is 552 g/mol. The zero-order chi connectivity index (χ0) is 31.7. The highest BCUT2D eigenvalue weighted by Crippen LogP contribution is 2.23. The number of hydrogen-bond acceptors (Lipinski definition) is 8.